The Hall–Kier alpha value is -0.440. The van der Waals surface area contributed by atoms with Crippen molar-refractivity contribution in [2.75, 3.05) is 0 Å². The van der Waals surface area contributed by atoms with Crippen LogP contribution in [-0.2, 0) is 0 Å². The van der Waals surface area contributed by atoms with E-state index in [0.29, 0.717) is 24.7 Å². The minimum absolute atomic E-state index is 0.0475. The second-order valence-electron chi connectivity index (χ2n) is 5.71. The molecule has 0 spiro atoms. The summed E-state index contributed by atoms with van der Waals surface area (Å²) in [7, 11) is 0. The van der Waals surface area contributed by atoms with Crippen molar-refractivity contribution in [2.24, 2.45) is 17.8 Å². The summed E-state index contributed by atoms with van der Waals surface area (Å²) in [5.74, 6) is 0.718. The van der Waals surface area contributed by atoms with E-state index in [-0.39, 0.29) is 5.92 Å². The molecule has 0 aromatic rings. The van der Waals surface area contributed by atoms with Crippen LogP contribution in [0.25, 0.3) is 0 Å². The van der Waals surface area contributed by atoms with Crippen LogP contribution in [0.5, 0.6) is 0 Å². The number of nitrogens with zero attached hydrogens (tertiary/aromatic N) is 2. The zero-order valence-corrected chi connectivity index (χ0v) is 13.1. The van der Waals surface area contributed by atoms with Crippen LogP contribution in [-0.4, -0.2) is 10.3 Å². The fraction of sp³-hybridized carbons (Fsp3) is 0.857. The number of nitriles is 2. The first-order valence-electron chi connectivity index (χ1n) is 6.37. The van der Waals surface area contributed by atoms with Crippen molar-refractivity contribution in [3.8, 4) is 12.1 Å². The molecule has 0 N–H and O–H groups in total. The molecule has 0 amide bonds. The molecule has 18 heavy (non-hydrogen) atoms. The lowest BCUT2D eigenvalue weighted by Gasteiger charge is -2.37. The fourth-order valence-electron chi connectivity index (χ4n) is 2.34. The Balaban J connectivity index is 5.22. The molecule has 0 rings (SSSR count). The van der Waals surface area contributed by atoms with Gasteiger partial charge in [-0.3, -0.25) is 0 Å². The molecule has 3 unspecified atom stereocenters. The quantitative estimate of drug-likeness (QED) is 0.637. The van der Waals surface area contributed by atoms with Crippen LogP contribution in [0.1, 0.15) is 47.0 Å². The molecule has 0 fully saturated rings. The van der Waals surface area contributed by atoms with Crippen molar-refractivity contribution in [2.45, 2.75) is 57.2 Å². The van der Waals surface area contributed by atoms with Crippen molar-refractivity contribution in [3.63, 3.8) is 0 Å². The van der Waals surface area contributed by atoms with Gasteiger partial charge in [0.1, 0.15) is 5.38 Å². The van der Waals surface area contributed by atoms with E-state index in [4.69, 9.17) is 33.7 Å². The Bertz CT molecular complexity index is 328. The maximum atomic E-state index is 9.09. The molecular weight excluding hydrogens is 267 g/mol. The lowest BCUT2D eigenvalue weighted by molar-refractivity contribution is 0.279. The average Bonchev–Trinajstić information content (AvgIpc) is 2.25. The molecule has 102 valence electrons. The number of hydrogen-bond acceptors (Lipinski definition) is 2. The van der Waals surface area contributed by atoms with Crippen LogP contribution >= 0.6 is 23.2 Å². The smallest absolute Gasteiger partial charge is 0.139 e. The average molecular weight is 289 g/mol. The Morgan fingerprint density at radius 2 is 1.67 bits per heavy atom. The molecule has 0 saturated heterocycles. The Morgan fingerprint density at radius 3 is 2.00 bits per heavy atom. The summed E-state index contributed by atoms with van der Waals surface area (Å²) in [5, 5.41) is 17.3. The Morgan fingerprint density at radius 1 is 1.11 bits per heavy atom. The molecule has 0 heterocycles. The number of alkyl halides is 2. The summed E-state index contributed by atoms with van der Waals surface area (Å²) < 4.78 is 0. The molecule has 0 aromatic heterocycles. The van der Waals surface area contributed by atoms with Crippen LogP contribution in [0.3, 0.4) is 0 Å². The van der Waals surface area contributed by atoms with E-state index in [1.165, 1.54) is 0 Å². The summed E-state index contributed by atoms with van der Waals surface area (Å²) in [6.07, 6.45) is 1.81. The first-order chi connectivity index (χ1) is 8.27. The second kappa shape index (κ2) is 7.88. The van der Waals surface area contributed by atoms with E-state index in [2.05, 4.69) is 33.8 Å². The monoisotopic (exact) mass is 288 g/mol. The molecule has 0 aliphatic carbocycles. The van der Waals surface area contributed by atoms with Crippen molar-refractivity contribution in [1.82, 2.24) is 0 Å². The van der Waals surface area contributed by atoms with E-state index in [1.54, 1.807) is 0 Å². The predicted octanol–water partition coefficient (Wildman–Crippen LogP) is 4.72. The number of hydrogen-bond donors (Lipinski definition) is 0. The number of halogens is 2. The van der Waals surface area contributed by atoms with Gasteiger partial charge in [0.05, 0.1) is 17.0 Å². The van der Waals surface area contributed by atoms with Gasteiger partial charge in [-0.05, 0) is 30.6 Å². The maximum absolute atomic E-state index is 9.09. The van der Waals surface area contributed by atoms with Gasteiger partial charge in [0.15, 0.2) is 0 Å². The summed E-state index contributed by atoms with van der Waals surface area (Å²) in [5.41, 5.74) is 0. The first kappa shape index (κ1) is 17.6. The molecule has 0 aliphatic rings. The van der Waals surface area contributed by atoms with E-state index in [9.17, 15) is 0 Å². The largest absolute Gasteiger partial charge is 0.198 e. The number of rotatable bonds is 7. The molecule has 4 heteroatoms. The van der Waals surface area contributed by atoms with E-state index in [0.717, 1.165) is 6.42 Å². The summed E-state index contributed by atoms with van der Waals surface area (Å²) in [6, 6.07) is 4.23. The first-order valence-corrected chi connectivity index (χ1v) is 7.18. The van der Waals surface area contributed by atoms with Gasteiger partial charge in [-0.2, -0.15) is 10.5 Å². The van der Waals surface area contributed by atoms with Gasteiger partial charge in [-0.1, -0.05) is 27.7 Å². The molecule has 2 nitrogen and oxygen atoms in total. The van der Waals surface area contributed by atoms with Crippen LogP contribution in [0.2, 0.25) is 0 Å². The van der Waals surface area contributed by atoms with Gasteiger partial charge < -0.3 is 0 Å². The van der Waals surface area contributed by atoms with Crippen molar-refractivity contribution in [3.05, 3.63) is 0 Å². The molecule has 0 saturated carbocycles. The molecule has 0 radical (unpaired) electrons. The predicted molar refractivity (Wildman–Crippen MR) is 76.5 cm³/mol. The van der Waals surface area contributed by atoms with Gasteiger partial charge in [0.2, 0.25) is 0 Å². The Kier molecular flexibility index (Phi) is 7.69. The lowest BCUT2D eigenvalue weighted by Crippen LogP contribution is -2.42. The van der Waals surface area contributed by atoms with Crippen molar-refractivity contribution in [1.29, 1.82) is 10.5 Å². The van der Waals surface area contributed by atoms with E-state index >= 15 is 0 Å². The lowest BCUT2D eigenvalue weighted by atomic mass is 9.76. The topological polar surface area (TPSA) is 47.6 Å². The highest BCUT2D eigenvalue weighted by molar-refractivity contribution is 6.33. The highest BCUT2D eigenvalue weighted by Crippen LogP contribution is 2.42. The molecule has 0 aromatic carbocycles. The molecule has 0 bridgehead atoms. The van der Waals surface area contributed by atoms with Gasteiger partial charge in [-0.15, -0.1) is 23.2 Å². The van der Waals surface area contributed by atoms with E-state index in [1.807, 2.05) is 6.07 Å². The van der Waals surface area contributed by atoms with Gasteiger partial charge >= 0.3 is 0 Å². The van der Waals surface area contributed by atoms with Gasteiger partial charge in [0, 0.05) is 6.42 Å². The molecular formula is C14H22Cl2N2. The third-order valence-corrected chi connectivity index (χ3v) is 4.31. The molecule has 0 aliphatic heterocycles. The third kappa shape index (κ3) is 5.05. The normalized spacial score (nSPS) is 17.9. The fourth-order valence-corrected chi connectivity index (χ4v) is 3.13. The zero-order valence-electron chi connectivity index (χ0n) is 11.6. The van der Waals surface area contributed by atoms with Crippen molar-refractivity contribution >= 4 is 23.2 Å². The highest BCUT2D eigenvalue weighted by Gasteiger charge is 2.43. The summed E-state index contributed by atoms with van der Waals surface area (Å²) >= 11 is 12.8. The highest BCUT2D eigenvalue weighted by atomic mass is 35.5. The Labute approximate surface area is 121 Å². The second-order valence-corrected chi connectivity index (χ2v) is 6.85. The summed E-state index contributed by atoms with van der Waals surface area (Å²) in [4.78, 5) is -0.815. The van der Waals surface area contributed by atoms with Gasteiger partial charge in [-0.25, -0.2) is 0 Å². The summed E-state index contributed by atoms with van der Waals surface area (Å²) in [6.45, 7) is 8.28. The SMILES string of the molecule is CC(C)CC(CC#N)C(Cl)(CC(C)C)C(Cl)C#N. The maximum Gasteiger partial charge on any atom is 0.139 e. The van der Waals surface area contributed by atoms with Crippen LogP contribution in [0.4, 0.5) is 0 Å². The molecule has 3 atom stereocenters. The van der Waals surface area contributed by atoms with Gasteiger partial charge in [0.25, 0.3) is 0 Å². The van der Waals surface area contributed by atoms with Crippen LogP contribution in [0.15, 0.2) is 0 Å². The van der Waals surface area contributed by atoms with Crippen molar-refractivity contribution < 1.29 is 0 Å². The van der Waals surface area contributed by atoms with Crippen LogP contribution < -0.4 is 0 Å². The van der Waals surface area contributed by atoms with E-state index < -0.39 is 10.3 Å². The zero-order chi connectivity index (χ0) is 14.3. The third-order valence-electron chi connectivity index (χ3n) is 3.03. The minimum Gasteiger partial charge on any atom is -0.198 e. The standard InChI is InChI=1S/C14H22Cl2N2/c1-10(2)7-12(5-6-17)14(16,8-11(3)4)13(15)9-18/h10-13H,5,7-8H2,1-4H3. The minimum atomic E-state index is -0.815. The van der Waals surface area contributed by atoms with Crippen LogP contribution in [0, 0.1) is 40.4 Å².